The molecule has 2 heterocycles. The van der Waals surface area contributed by atoms with Crippen molar-refractivity contribution < 1.29 is 13.6 Å². The van der Waals surface area contributed by atoms with Gasteiger partial charge in [-0.15, -0.1) is 0 Å². The van der Waals surface area contributed by atoms with Crippen LogP contribution in [0, 0.1) is 17.0 Å². The molecule has 0 fully saturated rings. The summed E-state index contributed by atoms with van der Waals surface area (Å²) in [6.45, 7) is 6.59. The second-order valence-corrected chi connectivity index (χ2v) is 8.35. The number of aromatic nitrogens is 1. The molecule has 0 bridgehead atoms. The minimum Gasteiger partial charge on any atom is -0.312 e. The Kier molecular flexibility index (Phi) is 4.15. The number of benzene rings is 2. The van der Waals surface area contributed by atoms with Gasteiger partial charge in [0.1, 0.15) is 11.6 Å². The number of carbonyl (C=O) groups is 1. The monoisotopic (exact) mass is 368 g/mol. The molecule has 0 aliphatic carbocycles. The van der Waals surface area contributed by atoms with E-state index < -0.39 is 6.04 Å². The highest BCUT2D eigenvalue weighted by Crippen LogP contribution is 2.39. The Morgan fingerprint density at radius 1 is 1.11 bits per heavy atom. The molecule has 4 rings (SSSR count). The lowest BCUT2D eigenvalue weighted by Gasteiger charge is -2.20. The van der Waals surface area contributed by atoms with Gasteiger partial charge in [-0.05, 0) is 47.9 Å². The molecule has 1 atom stereocenters. The Balaban J connectivity index is 1.91. The van der Waals surface area contributed by atoms with E-state index in [0.717, 1.165) is 27.8 Å². The van der Waals surface area contributed by atoms with E-state index in [1.165, 1.54) is 24.3 Å². The van der Waals surface area contributed by atoms with Crippen molar-refractivity contribution in [3.63, 3.8) is 0 Å². The zero-order valence-electron chi connectivity index (χ0n) is 15.6. The fourth-order valence-electron chi connectivity index (χ4n) is 3.92. The van der Waals surface area contributed by atoms with Crippen LogP contribution in [0.1, 0.15) is 44.5 Å². The predicted molar refractivity (Wildman–Crippen MR) is 102 cm³/mol. The van der Waals surface area contributed by atoms with Crippen LogP contribution in [-0.2, 0) is 11.3 Å². The number of nitrogens with one attached hydrogen (secondary N) is 1. The van der Waals surface area contributed by atoms with Gasteiger partial charge < -0.3 is 4.57 Å². The van der Waals surface area contributed by atoms with Gasteiger partial charge in [-0.25, -0.2) is 8.78 Å². The van der Waals surface area contributed by atoms with E-state index in [0.29, 0.717) is 13.0 Å². The lowest BCUT2D eigenvalue weighted by molar-refractivity contribution is -0.122. The van der Waals surface area contributed by atoms with Crippen molar-refractivity contribution in [2.75, 3.05) is 0 Å². The molecule has 5 heteroatoms. The number of carbonyl (C=O) groups excluding carboxylic acids is 1. The molecular weight excluding hydrogens is 346 g/mol. The molecule has 1 aromatic heterocycles. The van der Waals surface area contributed by atoms with Gasteiger partial charge in [-0.2, -0.15) is 0 Å². The van der Waals surface area contributed by atoms with Crippen LogP contribution in [0.4, 0.5) is 8.78 Å². The predicted octanol–water partition coefficient (Wildman–Crippen LogP) is 5.06. The Morgan fingerprint density at radius 2 is 1.78 bits per heavy atom. The minimum atomic E-state index is -0.453. The van der Waals surface area contributed by atoms with E-state index in [2.05, 4.69) is 5.32 Å². The van der Waals surface area contributed by atoms with E-state index in [1.807, 2.05) is 25.3 Å². The smallest absolute Gasteiger partial charge is 0.154 e. The molecular formula is C22H22F2N2O. The number of hydrogen-bond acceptors (Lipinski definition) is 2. The molecule has 0 saturated carbocycles. The number of ketones is 1. The summed E-state index contributed by atoms with van der Waals surface area (Å²) < 4.78 is 29.4. The lowest BCUT2D eigenvalue weighted by Crippen LogP contribution is -2.26. The van der Waals surface area contributed by atoms with Crippen LogP contribution in [-0.4, -0.2) is 10.4 Å². The fourth-order valence-corrected chi connectivity index (χ4v) is 3.92. The maximum absolute atomic E-state index is 14.0. The summed E-state index contributed by atoms with van der Waals surface area (Å²) in [6.07, 6.45) is 0.433. The molecule has 27 heavy (non-hydrogen) atoms. The summed E-state index contributed by atoms with van der Waals surface area (Å²) in [5.74, 6) is -0.548. The summed E-state index contributed by atoms with van der Waals surface area (Å²) in [5.41, 5.74) is 3.25. The Hall–Kier alpha value is -2.53. The molecule has 1 aliphatic heterocycles. The largest absolute Gasteiger partial charge is 0.312 e. The maximum Gasteiger partial charge on any atom is 0.154 e. The Morgan fingerprint density at radius 3 is 2.44 bits per heavy atom. The van der Waals surface area contributed by atoms with Crippen molar-refractivity contribution in [1.29, 1.82) is 0 Å². The molecule has 3 nitrogen and oxygen atoms in total. The average molecular weight is 368 g/mol. The van der Waals surface area contributed by atoms with Crippen molar-refractivity contribution in [3.8, 4) is 5.69 Å². The van der Waals surface area contributed by atoms with E-state index in [-0.39, 0.29) is 22.8 Å². The number of fused-ring (bicyclic) bond motifs is 3. The Labute approximate surface area is 157 Å². The van der Waals surface area contributed by atoms with Gasteiger partial charge in [0, 0.05) is 35.3 Å². The van der Waals surface area contributed by atoms with Crippen LogP contribution in [0.25, 0.3) is 16.6 Å². The third kappa shape index (κ3) is 3.16. The molecule has 0 amide bonds. The SMILES string of the molecule is CC(C)(C)CC(=O)C1NCc2c1c1cc(F)ccc1n2-c1ccc(F)cc1. The number of nitrogens with zero attached hydrogens (tertiary/aromatic N) is 1. The van der Waals surface area contributed by atoms with Crippen LogP contribution in [0.2, 0.25) is 0 Å². The molecule has 1 unspecified atom stereocenters. The third-order valence-corrected chi connectivity index (χ3v) is 4.94. The molecule has 140 valence electrons. The summed E-state index contributed by atoms with van der Waals surface area (Å²) in [6, 6.07) is 10.4. The van der Waals surface area contributed by atoms with Gasteiger partial charge in [-0.3, -0.25) is 10.1 Å². The standard InChI is InChI=1S/C22H22F2N2O/c1-22(2,3)11-19(27)21-20-16-10-14(24)6-9-17(16)26(18(20)12-25-21)15-7-4-13(23)5-8-15/h4-10,21,25H,11-12H2,1-3H3. The second kappa shape index (κ2) is 6.27. The van der Waals surface area contributed by atoms with Crippen LogP contribution in [0.3, 0.4) is 0 Å². The number of Topliss-reactive ketones (excluding diaryl/α,β-unsaturated/α-hetero) is 1. The van der Waals surface area contributed by atoms with Gasteiger partial charge in [-0.1, -0.05) is 20.8 Å². The molecule has 3 aromatic rings. The van der Waals surface area contributed by atoms with Crippen LogP contribution < -0.4 is 5.32 Å². The maximum atomic E-state index is 14.0. The normalized spacial score (nSPS) is 16.7. The summed E-state index contributed by atoms with van der Waals surface area (Å²) >= 11 is 0. The first-order valence-corrected chi connectivity index (χ1v) is 9.09. The zero-order valence-corrected chi connectivity index (χ0v) is 15.6. The summed E-state index contributed by atoms with van der Waals surface area (Å²) in [5, 5.41) is 4.02. The minimum absolute atomic E-state index is 0.101. The molecule has 1 N–H and O–H groups in total. The molecule has 0 spiro atoms. The first kappa shape index (κ1) is 17.9. The number of hydrogen-bond donors (Lipinski definition) is 1. The topological polar surface area (TPSA) is 34.0 Å². The van der Waals surface area contributed by atoms with Gasteiger partial charge in [0.2, 0.25) is 0 Å². The van der Waals surface area contributed by atoms with Gasteiger partial charge in [0.05, 0.1) is 11.6 Å². The highest BCUT2D eigenvalue weighted by Gasteiger charge is 2.35. The van der Waals surface area contributed by atoms with E-state index >= 15 is 0 Å². The first-order valence-electron chi connectivity index (χ1n) is 9.09. The average Bonchev–Trinajstić information content (AvgIpc) is 3.12. The van der Waals surface area contributed by atoms with Crippen molar-refractivity contribution in [2.24, 2.45) is 5.41 Å². The highest BCUT2D eigenvalue weighted by molar-refractivity contribution is 5.96. The molecule has 0 saturated heterocycles. The molecule has 0 radical (unpaired) electrons. The van der Waals surface area contributed by atoms with Crippen molar-refractivity contribution >= 4 is 16.7 Å². The molecule has 2 aromatic carbocycles. The fraction of sp³-hybridized carbons (Fsp3) is 0.318. The van der Waals surface area contributed by atoms with E-state index in [4.69, 9.17) is 0 Å². The second-order valence-electron chi connectivity index (χ2n) is 8.35. The first-order chi connectivity index (χ1) is 12.7. The van der Waals surface area contributed by atoms with Gasteiger partial charge in [0.25, 0.3) is 0 Å². The zero-order chi connectivity index (χ0) is 19.3. The quantitative estimate of drug-likeness (QED) is 0.701. The van der Waals surface area contributed by atoms with Gasteiger partial charge in [0.15, 0.2) is 5.78 Å². The van der Waals surface area contributed by atoms with E-state index in [1.54, 1.807) is 18.2 Å². The van der Waals surface area contributed by atoms with Crippen molar-refractivity contribution in [3.05, 3.63) is 65.4 Å². The van der Waals surface area contributed by atoms with Crippen LogP contribution >= 0.6 is 0 Å². The van der Waals surface area contributed by atoms with Gasteiger partial charge >= 0.3 is 0 Å². The number of halogens is 2. The van der Waals surface area contributed by atoms with E-state index in [9.17, 15) is 13.6 Å². The third-order valence-electron chi connectivity index (χ3n) is 4.94. The Bertz CT molecular complexity index is 1030. The summed E-state index contributed by atoms with van der Waals surface area (Å²) in [4.78, 5) is 12.9. The lowest BCUT2D eigenvalue weighted by atomic mass is 9.86. The number of rotatable bonds is 3. The highest BCUT2D eigenvalue weighted by atomic mass is 19.1. The van der Waals surface area contributed by atoms with Crippen molar-refractivity contribution in [2.45, 2.75) is 39.8 Å². The summed E-state index contributed by atoms with van der Waals surface area (Å²) in [7, 11) is 0. The van der Waals surface area contributed by atoms with Crippen LogP contribution in [0.15, 0.2) is 42.5 Å². The molecule has 1 aliphatic rings. The van der Waals surface area contributed by atoms with Crippen molar-refractivity contribution in [1.82, 2.24) is 9.88 Å². The van der Waals surface area contributed by atoms with Crippen LogP contribution in [0.5, 0.6) is 0 Å².